The molecule has 0 aromatic carbocycles. The van der Waals surface area contributed by atoms with Gasteiger partial charge >= 0.3 is 18.5 Å². The summed E-state index contributed by atoms with van der Waals surface area (Å²) < 4.78 is 26.1. The maximum absolute atomic E-state index is 12.2. The predicted octanol–water partition coefficient (Wildman–Crippen LogP) is 9.05. The number of hydrogen-bond donors (Lipinski definition) is 1. The van der Waals surface area contributed by atoms with Gasteiger partial charge in [-0.05, 0) is 24.7 Å². The Bertz CT molecular complexity index is 632. The minimum Gasteiger partial charge on any atom is -0.450 e. The first-order chi connectivity index (χ1) is 19.2. The van der Waals surface area contributed by atoms with Crippen LogP contribution in [0.25, 0.3) is 0 Å². The van der Waals surface area contributed by atoms with Gasteiger partial charge in [-0.25, -0.2) is 14.4 Å². The molecule has 1 N–H and O–H groups in total. The van der Waals surface area contributed by atoms with Crippen LogP contribution in [0.4, 0.5) is 14.4 Å². The molecule has 0 aromatic rings. The van der Waals surface area contributed by atoms with Gasteiger partial charge in [0.2, 0.25) is 0 Å². The Morgan fingerprint density at radius 1 is 0.550 bits per heavy atom. The lowest BCUT2D eigenvalue weighted by atomic mass is 9.92. The number of ether oxygens (including phenoxy) is 5. The number of carbonyl (C=O) groups is 3. The van der Waals surface area contributed by atoms with Gasteiger partial charge in [0.25, 0.3) is 0 Å². The lowest BCUT2D eigenvalue weighted by molar-refractivity contribution is -0.0739. The van der Waals surface area contributed by atoms with Gasteiger partial charge in [-0.1, -0.05) is 105 Å². The number of carbonyl (C=O) groups excluding carboxylic acids is 2. The molecule has 0 bridgehead atoms. The Morgan fingerprint density at radius 2 is 0.875 bits per heavy atom. The van der Waals surface area contributed by atoms with Crippen molar-refractivity contribution in [2.75, 3.05) is 13.2 Å². The monoisotopic (exact) mass is 572 g/mol. The molecule has 0 aliphatic heterocycles. The van der Waals surface area contributed by atoms with E-state index in [1.165, 1.54) is 51.4 Å². The highest BCUT2D eigenvalue weighted by Crippen LogP contribution is 2.27. The fraction of sp³-hybridized carbons (Fsp3) is 0.903. The van der Waals surface area contributed by atoms with Crippen molar-refractivity contribution in [3.05, 3.63) is 0 Å². The van der Waals surface area contributed by atoms with Gasteiger partial charge in [0.15, 0.2) is 0 Å². The summed E-state index contributed by atoms with van der Waals surface area (Å²) in [6, 6.07) is 0. The Balaban J connectivity index is 2.26. The first-order valence-corrected chi connectivity index (χ1v) is 15.7. The summed E-state index contributed by atoms with van der Waals surface area (Å²) in [5.41, 5.74) is 0. The van der Waals surface area contributed by atoms with E-state index >= 15 is 0 Å². The number of hydrogen-bond acceptors (Lipinski definition) is 8. The Kier molecular flexibility index (Phi) is 20.2. The summed E-state index contributed by atoms with van der Waals surface area (Å²) in [4.78, 5) is 35.4. The third-order valence-corrected chi connectivity index (χ3v) is 7.16. The molecule has 1 fully saturated rings. The van der Waals surface area contributed by atoms with Crippen molar-refractivity contribution in [1.82, 2.24) is 0 Å². The summed E-state index contributed by atoms with van der Waals surface area (Å²) in [6.45, 7) is 9.51. The van der Waals surface area contributed by atoms with Crippen molar-refractivity contribution in [2.24, 2.45) is 11.8 Å². The van der Waals surface area contributed by atoms with Crippen molar-refractivity contribution in [1.29, 1.82) is 0 Å². The van der Waals surface area contributed by atoms with Crippen LogP contribution < -0.4 is 0 Å². The summed E-state index contributed by atoms with van der Waals surface area (Å²) in [5, 5.41) is 9.03. The third kappa shape index (κ3) is 20.7. The largest absolute Gasteiger partial charge is 0.508 e. The highest BCUT2D eigenvalue weighted by Gasteiger charge is 2.36. The molecule has 1 aliphatic rings. The molecule has 0 aromatic heterocycles. The van der Waals surface area contributed by atoms with Crippen LogP contribution in [-0.2, 0) is 23.7 Å². The van der Waals surface area contributed by atoms with Crippen LogP contribution in [0.5, 0.6) is 0 Å². The molecule has 2 unspecified atom stereocenters. The van der Waals surface area contributed by atoms with E-state index in [2.05, 4.69) is 27.7 Å². The molecule has 1 saturated carbocycles. The minimum atomic E-state index is -1.43. The maximum Gasteiger partial charge on any atom is 0.508 e. The van der Waals surface area contributed by atoms with Crippen LogP contribution in [0, 0.1) is 11.8 Å². The second-order valence-corrected chi connectivity index (χ2v) is 12.0. The Labute approximate surface area is 242 Å². The first kappa shape index (κ1) is 35.8. The first-order valence-electron chi connectivity index (χ1n) is 15.7. The fourth-order valence-corrected chi connectivity index (χ4v) is 4.97. The van der Waals surface area contributed by atoms with Crippen LogP contribution >= 0.6 is 0 Å². The lowest BCUT2D eigenvalue weighted by Gasteiger charge is -2.32. The maximum atomic E-state index is 12.2. The molecule has 9 nitrogen and oxygen atoms in total. The molecule has 234 valence electrons. The van der Waals surface area contributed by atoms with Gasteiger partial charge in [-0.3, -0.25) is 0 Å². The number of unbranched alkanes of at least 4 members (excludes halogenated alkanes) is 10. The zero-order valence-corrected chi connectivity index (χ0v) is 25.5. The van der Waals surface area contributed by atoms with E-state index in [9.17, 15) is 14.4 Å². The molecule has 2 atom stereocenters. The normalized spacial score (nSPS) is 18.9. The van der Waals surface area contributed by atoms with Crippen LogP contribution in [-0.4, -0.2) is 55.1 Å². The third-order valence-electron chi connectivity index (χ3n) is 7.16. The molecule has 40 heavy (non-hydrogen) atoms. The molecular formula is C31H56O9. The van der Waals surface area contributed by atoms with E-state index < -0.39 is 36.8 Å². The minimum absolute atomic E-state index is 0.184. The molecular weight excluding hydrogens is 516 g/mol. The molecule has 9 heteroatoms. The average Bonchev–Trinajstić information content (AvgIpc) is 2.85. The summed E-state index contributed by atoms with van der Waals surface area (Å²) in [7, 11) is 0. The van der Waals surface area contributed by atoms with E-state index in [1.54, 1.807) is 0 Å². The Morgan fingerprint density at radius 3 is 1.23 bits per heavy atom. The summed E-state index contributed by atoms with van der Waals surface area (Å²) in [6.07, 6.45) is 11.1. The molecule has 1 rings (SSSR count). The molecule has 0 spiro atoms. The predicted molar refractivity (Wildman–Crippen MR) is 154 cm³/mol. The van der Waals surface area contributed by atoms with E-state index in [-0.39, 0.29) is 32.5 Å². The highest BCUT2D eigenvalue weighted by molar-refractivity contribution is 5.61. The molecule has 0 radical (unpaired) electrons. The van der Waals surface area contributed by atoms with E-state index in [4.69, 9.17) is 28.8 Å². The highest BCUT2D eigenvalue weighted by atomic mass is 16.7. The van der Waals surface area contributed by atoms with Gasteiger partial charge in [0.1, 0.15) is 18.3 Å². The van der Waals surface area contributed by atoms with Crippen molar-refractivity contribution in [3.63, 3.8) is 0 Å². The Hall–Kier alpha value is -2.19. The van der Waals surface area contributed by atoms with Gasteiger partial charge in [-0.15, -0.1) is 0 Å². The van der Waals surface area contributed by atoms with E-state index in [0.717, 1.165) is 50.4 Å². The van der Waals surface area contributed by atoms with Gasteiger partial charge in [0.05, 0.1) is 13.2 Å². The summed E-state index contributed by atoms with van der Waals surface area (Å²) in [5.74, 6) is 1.50. The van der Waals surface area contributed by atoms with Gasteiger partial charge in [0, 0.05) is 19.3 Å². The zero-order chi connectivity index (χ0) is 29.6. The topological polar surface area (TPSA) is 118 Å². The quantitative estimate of drug-likeness (QED) is 0.0816. The SMILES string of the molecule is CC(C)CCCCCCCCOC(=O)OC1CC(OC(=O)O)CC(OC(=O)OCCCCCCCCC(C)C)C1. The van der Waals surface area contributed by atoms with Crippen LogP contribution in [0.15, 0.2) is 0 Å². The van der Waals surface area contributed by atoms with Crippen molar-refractivity contribution < 1.29 is 43.2 Å². The zero-order valence-electron chi connectivity index (χ0n) is 25.5. The van der Waals surface area contributed by atoms with Crippen LogP contribution in [0.1, 0.15) is 137 Å². The molecule has 1 aliphatic carbocycles. The number of rotatable bonds is 21. The molecule has 0 heterocycles. The standard InChI is InChI=1S/C31H56O9/c1-24(2)17-13-9-5-7-11-15-19-36-30(34)39-27-21-26(38-29(32)33)22-28(23-27)40-31(35)37-20-16-12-8-6-10-14-18-25(3)4/h24-28H,5-23H2,1-4H3,(H,32,33). The van der Waals surface area contributed by atoms with Crippen LogP contribution in [0.3, 0.4) is 0 Å². The number of carboxylic acid groups (broad SMARTS) is 1. The fourth-order valence-electron chi connectivity index (χ4n) is 4.97. The second kappa shape index (κ2) is 22.5. The lowest BCUT2D eigenvalue weighted by Crippen LogP contribution is -2.40. The van der Waals surface area contributed by atoms with Crippen LogP contribution in [0.2, 0.25) is 0 Å². The summed E-state index contributed by atoms with van der Waals surface area (Å²) >= 11 is 0. The van der Waals surface area contributed by atoms with Crippen molar-refractivity contribution in [2.45, 2.75) is 155 Å². The van der Waals surface area contributed by atoms with Gasteiger partial charge < -0.3 is 28.8 Å². The smallest absolute Gasteiger partial charge is 0.450 e. The van der Waals surface area contributed by atoms with Crippen molar-refractivity contribution >= 4 is 18.5 Å². The van der Waals surface area contributed by atoms with Gasteiger partial charge in [-0.2, -0.15) is 0 Å². The molecule has 0 amide bonds. The second-order valence-electron chi connectivity index (χ2n) is 12.0. The van der Waals surface area contributed by atoms with Crippen molar-refractivity contribution in [3.8, 4) is 0 Å². The van der Waals surface area contributed by atoms with E-state index in [0.29, 0.717) is 0 Å². The molecule has 0 saturated heterocycles. The average molecular weight is 573 g/mol. The van der Waals surface area contributed by atoms with E-state index in [1.807, 2.05) is 0 Å².